The first-order valence-electron chi connectivity index (χ1n) is 11.5. The van der Waals surface area contributed by atoms with Gasteiger partial charge in [0.1, 0.15) is 6.54 Å². The van der Waals surface area contributed by atoms with Crippen molar-refractivity contribution >= 4 is 44.4 Å². The number of nitrogen functional groups attached to an aromatic ring is 2. The molecule has 2 amide bonds. The number of nitrogens with two attached hydrogens (primary N) is 2. The number of carbonyl (C=O) groups is 2. The van der Waals surface area contributed by atoms with Crippen LogP contribution in [0.3, 0.4) is 0 Å². The predicted molar refractivity (Wildman–Crippen MR) is 142 cm³/mol. The van der Waals surface area contributed by atoms with Crippen molar-refractivity contribution in [2.24, 2.45) is 0 Å². The molecular weight excluding hydrogens is 478 g/mol. The van der Waals surface area contributed by atoms with Crippen LogP contribution in [0.25, 0.3) is 0 Å². The Kier molecular flexibility index (Phi) is 7.16. The molecule has 0 spiro atoms. The van der Waals surface area contributed by atoms with Crippen LogP contribution in [0.1, 0.15) is 10.4 Å². The summed E-state index contributed by atoms with van der Waals surface area (Å²) < 4.78 is 24.6. The van der Waals surface area contributed by atoms with Crippen LogP contribution in [0.2, 0.25) is 0 Å². The van der Waals surface area contributed by atoms with Gasteiger partial charge in [-0.1, -0.05) is 24.3 Å². The van der Waals surface area contributed by atoms with Gasteiger partial charge in [-0.2, -0.15) is 0 Å². The number of carbonyl (C=O) groups excluding carboxylic acids is 2. The van der Waals surface area contributed by atoms with Crippen LogP contribution in [0.4, 0.5) is 22.7 Å². The molecule has 1 fully saturated rings. The molecular formula is C26H29N5O4S. The fourth-order valence-electron chi connectivity index (χ4n) is 4.24. The zero-order valence-corrected chi connectivity index (χ0v) is 20.8. The maximum atomic E-state index is 13.3. The second-order valence-corrected chi connectivity index (χ2v) is 10.7. The van der Waals surface area contributed by atoms with Gasteiger partial charge in [-0.15, -0.1) is 0 Å². The lowest BCUT2D eigenvalue weighted by molar-refractivity contribution is -0.129. The second kappa shape index (κ2) is 10.3. The van der Waals surface area contributed by atoms with E-state index in [0.29, 0.717) is 54.5 Å². The van der Waals surface area contributed by atoms with Gasteiger partial charge in [-0.05, 0) is 48.5 Å². The van der Waals surface area contributed by atoms with Crippen LogP contribution in [-0.4, -0.2) is 64.1 Å². The largest absolute Gasteiger partial charge is 0.399 e. The number of piperazine rings is 1. The first-order chi connectivity index (χ1) is 17.1. The molecule has 188 valence electrons. The number of sulfone groups is 1. The van der Waals surface area contributed by atoms with E-state index < -0.39 is 9.84 Å². The van der Waals surface area contributed by atoms with E-state index in [2.05, 4.69) is 0 Å². The molecule has 0 aliphatic carbocycles. The molecule has 0 radical (unpaired) electrons. The summed E-state index contributed by atoms with van der Waals surface area (Å²) in [6, 6.07) is 20.5. The molecule has 0 unspecified atom stereocenters. The van der Waals surface area contributed by atoms with Crippen molar-refractivity contribution in [1.82, 2.24) is 4.90 Å². The summed E-state index contributed by atoms with van der Waals surface area (Å²) >= 11 is 0. The standard InChI is InChI=1S/C26H29N5O4S/c1-36(34,35)24-17-21(28)10-11-23(24)29-12-14-30(15-13-29)25(32)18-31(22-8-3-2-4-9-22)26(33)19-6-5-7-20(27)16-19/h2-11,16-17H,12-15,18,27-28H2,1H3. The normalized spacial score (nSPS) is 13.9. The van der Waals surface area contributed by atoms with E-state index in [1.807, 2.05) is 23.1 Å². The maximum absolute atomic E-state index is 13.3. The van der Waals surface area contributed by atoms with Crippen molar-refractivity contribution in [1.29, 1.82) is 0 Å². The van der Waals surface area contributed by atoms with E-state index in [4.69, 9.17) is 11.5 Å². The van der Waals surface area contributed by atoms with E-state index in [0.717, 1.165) is 6.26 Å². The summed E-state index contributed by atoms with van der Waals surface area (Å²) in [5.41, 5.74) is 14.1. The minimum absolute atomic E-state index is 0.131. The lowest BCUT2D eigenvalue weighted by Crippen LogP contribution is -2.52. The molecule has 1 heterocycles. The Hall–Kier alpha value is -4.05. The van der Waals surface area contributed by atoms with E-state index >= 15 is 0 Å². The zero-order valence-electron chi connectivity index (χ0n) is 20.0. The van der Waals surface area contributed by atoms with Crippen molar-refractivity contribution in [2.75, 3.05) is 60.2 Å². The van der Waals surface area contributed by atoms with Crippen LogP contribution >= 0.6 is 0 Å². The van der Waals surface area contributed by atoms with Crippen LogP contribution in [0.5, 0.6) is 0 Å². The third kappa shape index (κ3) is 5.60. The van der Waals surface area contributed by atoms with E-state index in [1.165, 1.54) is 11.0 Å². The Morgan fingerprint density at radius 1 is 0.861 bits per heavy atom. The Morgan fingerprint density at radius 2 is 1.53 bits per heavy atom. The van der Waals surface area contributed by atoms with E-state index in [1.54, 1.807) is 53.4 Å². The predicted octanol–water partition coefficient (Wildman–Crippen LogP) is 2.25. The van der Waals surface area contributed by atoms with Crippen molar-refractivity contribution in [2.45, 2.75) is 4.90 Å². The zero-order chi connectivity index (χ0) is 25.9. The number of amides is 2. The minimum Gasteiger partial charge on any atom is -0.399 e. The molecule has 10 heteroatoms. The van der Waals surface area contributed by atoms with Crippen molar-refractivity contribution in [3.63, 3.8) is 0 Å². The van der Waals surface area contributed by atoms with Crippen LogP contribution in [-0.2, 0) is 14.6 Å². The molecule has 3 aromatic rings. The number of para-hydroxylation sites is 1. The molecule has 1 aliphatic rings. The van der Waals surface area contributed by atoms with E-state index in [9.17, 15) is 18.0 Å². The van der Waals surface area contributed by atoms with Gasteiger partial charge in [0, 0.05) is 55.1 Å². The molecule has 1 saturated heterocycles. The summed E-state index contributed by atoms with van der Waals surface area (Å²) in [5.74, 6) is -0.517. The van der Waals surface area contributed by atoms with Gasteiger partial charge in [0.2, 0.25) is 5.91 Å². The maximum Gasteiger partial charge on any atom is 0.258 e. The van der Waals surface area contributed by atoms with Gasteiger partial charge in [-0.25, -0.2) is 8.42 Å². The van der Waals surface area contributed by atoms with Gasteiger partial charge in [0.15, 0.2) is 9.84 Å². The first kappa shape index (κ1) is 25.1. The summed E-state index contributed by atoms with van der Waals surface area (Å²) in [7, 11) is -3.48. The summed E-state index contributed by atoms with van der Waals surface area (Å²) in [4.78, 5) is 31.9. The molecule has 0 atom stereocenters. The number of benzene rings is 3. The molecule has 0 bridgehead atoms. The fourth-order valence-corrected chi connectivity index (χ4v) is 5.16. The third-order valence-corrected chi connectivity index (χ3v) is 7.22. The van der Waals surface area contributed by atoms with Crippen LogP contribution in [0, 0.1) is 0 Å². The highest BCUT2D eigenvalue weighted by molar-refractivity contribution is 7.90. The Morgan fingerprint density at radius 3 is 2.17 bits per heavy atom. The second-order valence-electron chi connectivity index (χ2n) is 8.72. The topological polar surface area (TPSA) is 130 Å². The summed E-state index contributed by atoms with van der Waals surface area (Å²) in [6.07, 6.45) is 1.15. The number of rotatable bonds is 6. The third-order valence-electron chi connectivity index (χ3n) is 6.10. The van der Waals surface area contributed by atoms with Gasteiger partial charge >= 0.3 is 0 Å². The average Bonchev–Trinajstić information content (AvgIpc) is 2.87. The Balaban J connectivity index is 1.49. The van der Waals surface area contributed by atoms with Crippen molar-refractivity contribution in [3.05, 3.63) is 78.4 Å². The van der Waals surface area contributed by atoms with E-state index in [-0.39, 0.29) is 23.3 Å². The smallest absolute Gasteiger partial charge is 0.258 e. The average molecular weight is 508 g/mol. The summed E-state index contributed by atoms with van der Waals surface area (Å²) in [5, 5.41) is 0. The molecule has 0 saturated carbocycles. The van der Waals surface area contributed by atoms with Gasteiger partial charge in [0.05, 0.1) is 10.6 Å². The first-order valence-corrected chi connectivity index (χ1v) is 13.4. The van der Waals surface area contributed by atoms with Gasteiger partial charge in [0.25, 0.3) is 5.91 Å². The molecule has 0 aromatic heterocycles. The Bertz CT molecular complexity index is 1370. The van der Waals surface area contributed by atoms with Crippen LogP contribution in [0.15, 0.2) is 77.7 Å². The lowest BCUT2D eigenvalue weighted by atomic mass is 10.1. The SMILES string of the molecule is CS(=O)(=O)c1cc(N)ccc1N1CCN(C(=O)CN(C(=O)c2cccc(N)c2)c2ccccc2)CC1. The molecule has 1 aliphatic heterocycles. The quantitative estimate of drug-likeness (QED) is 0.490. The van der Waals surface area contributed by atoms with Crippen molar-refractivity contribution in [3.8, 4) is 0 Å². The van der Waals surface area contributed by atoms with Gasteiger partial charge < -0.3 is 21.3 Å². The lowest BCUT2D eigenvalue weighted by Gasteiger charge is -2.37. The monoisotopic (exact) mass is 507 g/mol. The highest BCUT2D eigenvalue weighted by atomic mass is 32.2. The molecule has 4 rings (SSSR count). The molecule has 4 N–H and O–H groups in total. The number of anilines is 4. The number of hydrogen-bond acceptors (Lipinski definition) is 7. The summed E-state index contributed by atoms with van der Waals surface area (Å²) in [6.45, 7) is 1.55. The highest BCUT2D eigenvalue weighted by Gasteiger charge is 2.28. The molecule has 9 nitrogen and oxygen atoms in total. The van der Waals surface area contributed by atoms with Crippen LogP contribution < -0.4 is 21.3 Å². The number of nitrogens with zero attached hydrogens (tertiary/aromatic N) is 3. The molecule has 3 aromatic carbocycles. The number of hydrogen-bond donors (Lipinski definition) is 2. The van der Waals surface area contributed by atoms with Gasteiger partial charge in [-0.3, -0.25) is 14.5 Å². The molecule has 36 heavy (non-hydrogen) atoms. The Labute approximate surface area is 210 Å². The fraction of sp³-hybridized carbons (Fsp3) is 0.231. The van der Waals surface area contributed by atoms with Crippen molar-refractivity contribution < 1.29 is 18.0 Å². The minimum atomic E-state index is -3.48. The highest BCUT2D eigenvalue weighted by Crippen LogP contribution is 2.28.